The Morgan fingerprint density at radius 3 is 1.55 bits per heavy atom. The van der Waals surface area contributed by atoms with Gasteiger partial charge in [-0.2, -0.15) is 0 Å². The summed E-state index contributed by atoms with van der Waals surface area (Å²) in [6, 6.07) is 75.3. The third-order valence-electron chi connectivity index (χ3n) is 14.8. The number of nitrogens with zero attached hydrogens (tertiary/aromatic N) is 2. The number of fused-ring (bicyclic) bond motifs is 14. The van der Waals surface area contributed by atoms with E-state index in [1.807, 2.05) is 29.5 Å². The highest BCUT2D eigenvalue weighted by Crippen LogP contribution is 2.59. The van der Waals surface area contributed by atoms with E-state index in [9.17, 15) is 25.5 Å². The molecule has 13 aromatic rings. The van der Waals surface area contributed by atoms with Gasteiger partial charge in [0.25, 0.3) is 0 Å². The molecular weight excluding hydrogens is 897 g/mol. The maximum Gasteiger partial charge on any atom is 0.208 e. The predicted molar refractivity (Wildman–Crippen MR) is 289 cm³/mol. The fourth-order valence-electron chi connectivity index (χ4n) is 11.8. The van der Waals surface area contributed by atoms with Crippen molar-refractivity contribution >= 4 is 91.9 Å². The van der Waals surface area contributed by atoms with Crippen molar-refractivity contribution in [2.24, 2.45) is 0 Å². The van der Waals surface area contributed by atoms with Crippen LogP contribution in [-0.4, -0.2) is 30.1 Å². The predicted octanol–water partition coefficient (Wildman–Crippen LogP) is 15.8. The number of benzene rings is 11. The second kappa shape index (κ2) is 15.1. The molecule has 71 heavy (non-hydrogen) atoms. The van der Waals surface area contributed by atoms with Crippen LogP contribution in [0.4, 0.5) is 17.1 Å². The van der Waals surface area contributed by atoms with Crippen molar-refractivity contribution in [1.29, 1.82) is 0 Å². The summed E-state index contributed by atoms with van der Waals surface area (Å²) < 4.78 is 4.68. The molecule has 0 atom stereocenters. The second-order valence-corrected chi connectivity index (χ2v) is 19.3. The van der Waals surface area contributed by atoms with E-state index in [2.05, 4.69) is 191 Å². The molecule has 0 fully saturated rings. The summed E-state index contributed by atoms with van der Waals surface area (Å²) in [5.74, 6) is -4.31. The van der Waals surface area contributed by atoms with E-state index < -0.39 is 34.2 Å². The van der Waals surface area contributed by atoms with Crippen LogP contribution >= 0.6 is 11.3 Å². The van der Waals surface area contributed by atoms with Crippen LogP contribution in [0.2, 0.25) is 0 Å². The fraction of sp³-hybridized carbons (Fsp3) is 0.0159. The quantitative estimate of drug-likeness (QED) is 0.0668. The van der Waals surface area contributed by atoms with Crippen LogP contribution in [0.15, 0.2) is 212 Å². The number of aromatic hydroxyl groups is 5. The molecule has 11 aromatic carbocycles. The first-order valence-electron chi connectivity index (χ1n) is 23.5. The third-order valence-corrected chi connectivity index (χ3v) is 16.0. The highest BCUT2D eigenvalue weighted by Gasteiger charge is 2.46. The molecule has 7 nitrogen and oxygen atoms in total. The SMILES string of the molecule is Oc1c(O)c(O)c(-c2ccc(-n3c4ccccc4c4ccc5c6c7cc(N8c9ccccc9C(c9ccccc9)(c9ccccc9)c9ccccc98)ccc7sc6c6ccccc6c5c43)cc2)c(O)c1O. The minimum atomic E-state index is -0.996. The maximum atomic E-state index is 10.8. The van der Waals surface area contributed by atoms with E-state index in [0.29, 0.717) is 5.56 Å². The molecule has 8 heteroatoms. The average molecular weight is 937 g/mol. The monoisotopic (exact) mass is 936 g/mol. The molecule has 0 bridgehead atoms. The van der Waals surface area contributed by atoms with E-state index in [1.165, 1.54) is 47.8 Å². The molecule has 5 N–H and O–H groups in total. The summed E-state index contributed by atoms with van der Waals surface area (Å²) in [5.41, 5.74) is 10.6. The summed E-state index contributed by atoms with van der Waals surface area (Å²) >= 11 is 1.83. The molecular formula is C63H40N2O5S. The van der Waals surface area contributed by atoms with Crippen molar-refractivity contribution in [1.82, 2.24) is 4.57 Å². The number of hydrogen-bond acceptors (Lipinski definition) is 7. The summed E-state index contributed by atoms with van der Waals surface area (Å²) in [6.45, 7) is 0. The van der Waals surface area contributed by atoms with Crippen LogP contribution in [0.1, 0.15) is 22.3 Å². The average Bonchev–Trinajstić information content (AvgIpc) is 3.98. The van der Waals surface area contributed by atoms with Gasteiger partial charge in [-0.05, 0) is 87.1 Å². The van der Waals surface area contributed by atoms with Crippen molar-refractivity contribution < 1.29 is 25.5 Å². The standard InChI is InChI=1S/C63H40N2O5S/c66-57-53(58(67)60(69)61(70)59(57)68)36-27-29-39(30-28-36)65-49-24-12-9-19-41(49)43-32-33-45-54(56(43)65)42-20-7-8-21-44(42)62-55(45)46-35-40(31-34-52(46)71-62)64-50-25-13-10-22-47(50)63(37-15-3-1-4-16-37,38-17-5-2-6-18-38)48-23-11-14-26-51(48)64/h1-35,66-70H. The van der Waals surface area contributed by atoms with Crippen LogP contribution in [0.5, 0.6) is 28.7 Å². The van der Waals surface area contributed by atoms with E-state index in [-0.39, 0.29) is 5.56 Å². The normalized spacial score (nSPS) is 13.2. The van der Waals surface area contributed by atoms with Gasteiger partial charge in [0.15, 0.2) is 11.5 Å². The molecule has 0 unspecified atom stereocenters. The lowest BCUT2D eigenvalue weighted by atomic mass is 9.62. The Morgan fingerprint density at radius 2 is 0.901 bits per heavy atom. The number of thiophene rings is 1. The Balaban J connectivity index is 1.03. The molecule has 0 spiro atoms. The summed E-state index contributed by atoms with van der Waals surface area (Å²) in [4.78, 5) is 2.45. The molecule has 2 aromatic heterocycles. The molecule has 0 amide bonds. The van der Waals surface area contributed by atoms with Crippen molar-refractivity contribution in [3.63, 3.8) is 0 Å². The zero-order valence-electron chi connectivity index (χ0n) is 37.7. The Bertz CT molecular complexity index is 4230. The van der Waals surface area contributed by atoms with E-state index in [0.717, 1.165) is 60.7 Å². The van der Waals surface area contributed by atoms with Crippen LogP contribution in [0.3, 0.4) is 0 Å². The lowest BCUT2D eigenvalue weighted by molar-refractivity contribution is 0.330. The van der Waals surface area contributed by atoms with Gasteiger partial charge in [-0.25, -0.2) is 0 Å². The van der Waals surface area contributed by atoms with Crippen LogP contribution in [-0.2, 0) is 5.41 Å². The number of phenolic OH excluding ortho intramolecular Hbond substituents is 5. The summed E-state index contributed by atoms with van der Waals surface area (Å²) in [7, 11) is 0. The van der Waals surface area contributed by atoms with Gasteiger partial charge in [0.2, 0.25) is 17.2 Å². The molecule has 0 saturated heterocycles. The minimum absolute atomic E-state index is 0.197. The van der Waals surface area contributed by atoms with Crippen LogP contribution in [0, 0.1) is 0 Å². The number of phenols is 5. The Kier molecular flexibility index (Phi) is 8.69. The number of anilines is 3. The lowest BCUT2D eigenvalue weighted by Crippen LogP contribution is -2.37. The smallest absolute Gasteiger partial charge is 0.208 e. The summed E-state index contributed by atoms with van der Waals surface area (Å²) in [6.07, 6.45) is 0. The number of hydrogen-bond donors (Lipinski definition) is 5. The van der Waals surface area contributed by atoms with E-state index in [4.69, 9.17) is 0 Å². The Labute approximate surface area is 410 Å². The molecule has 0 radical (unpaired) electrons. The van der Waals surface area contributed by atoms with Crippen LogP contribution < -0.4 is 4.90 Å². The third kappa shape index (κ3) is 5.53. The Morgan fingerprint density at radius 1 is 0.380 bits per heavy atom. The molecule has 1 aliphatic heterocycles. The van der Waals surface area contributed by atoms with E-state index in [1.54, 1.807) is 12.1 Å². The topological polar surface area (TPSA) is 109 Å². The highest BCUT2D eigenvalue weighted by atomic mass is 32.1. The zero-order valence-corrected chi connectivity index (χ0v) is 38.6. The first kappa shape index (κ1) is 40.8. The van der Waals surface area contributed by atoms with Gasteiger partial charge in [-0.3, -0.25) is 0 Å². The minimum Gasteiger partial charge on any atom is -0.504 e. The first-order valence-corrected chi connectivity index (χ1v) is 24.3. The molecule has 0 saturated carbocycles. The molecule has 338 valence electrons. The molecule has 1 aliphatic rings. The van der Waals surface area contributed by atoms with Crippen molar-refractivity contribution in [3.05, 3.63) is 235 Å². The largest absolute Gasteiger partial charge is 0.504 e. The maximum absolute atomic E-state index is 10.8. The second-order valence-electron chi connectivity index (χ2n) is 18.3. The Hall–Kier alpha value is -9.24. The first-order chi connectivity index (χ1) is 34.8. The van der Waals surface area contributed by atoms with Crippen molar-refractivity contribution in [3.8, 4) is 45.6 Å². The van der Waals surface area contributed by atoms with Gasteiger partial charge >= 0.3 is 0 Å². The van der Waals surface area contributed by atoms with Gasteiger partial charge in [0, 0.05) is 53.1 Å². The summed E-state index contributed by atoms with van der Waals surface area (Å²) in [5, 5.41) is 61.6. The van der Waals surface area contributed by atoms with Gasteiger partial charge in [-0.15, -0.1) is 11.3 Å². The van der Waals surface area contributed by atoms with Gasteiger partial charge < -0.3 is 35.0 Å². The number of rotatable bonds is 5. The van der Waals surface area contributed by atoms with Gasteiger partial charge in [-0.1, -0.05) is 164 Å². The number of para-hydroxylation sites is 3. The van der Waals surface area contributed by atoms with Crippen LogP contribution in [0.25, 0.3) is 80.3 Å². The van der Waals surface area contributed by atoms with Crippen molar-refractivity contribution in [2.75, 3.05) is 4.90 Å². The zero-order chi connectivity index (χ0) is 47.7. The number of aromatic nitrogens is 1. The van der Waals surface area contributed by atoms with Crippen molar-refractivity contribution in [2.45, 2.75) is 5.41 Å². The van der Waals surface area contributed by atoms with Gasteiger partial charge in [0.1, 0.15) is 0 Å². The molecule has 3 heterocycles. The molecule has 14 rings (SSSR count). The van der Waals surface area contributed by atoms with Gasteiger partial charge in [0.05, 0.1) is 33.4 Å². The van der Waals surface area contributed by atoms with E-state index >= 15 is 0 Å². The molecule has 0 aliphatic carbocycles. The lowest BCUT2D eigenvalue weighted by Gasteiger charge is -2.46. The highest BCUT2D eigenvalue weighted by molar-refractivity contribution is 7.27. The fourth-order valence-corrected chi connectivity index (χ4v) is 13.1.